The Kier molecular flexibility index (Phi) is 3.55. The fraction of sp³-hybridized carbons (Fsp3) is 0.300. The number of carbonyl (C=O) groups excluding carboxylic acids is 1. The topological polar surface area (TPSA) is 69.4 Å². The number of nitro benzene ring substituents is 1. The summed E-state index contributed by atoms with van der Waals surface area (Å²) < 4.78 is 17.7. The van der Waals surface area contributed by atoms with Crippen molar-refractivity contribution in [2.45, 2.75) is 13.3 Å². The van der Waals surface area contributed by atoms with Gasteiger partial charge in [-0.2, -0.15) is 0 Å². The molecule has 0 N–H and O–H groups in total. The summed E-state index contributed by atoms with van der Waals surface area (Å²) in [5, 5.41) is 10.6. The van der Waals surface area contributed by atoms with Crippen molar-refractivity contribution < 1.29 is 18.8 Å². The lowest BCUT2D eigenvalue weighted by Gasteiger charge is -2.04. The van der Waals surface area contributed by atoms with Crippen LogP contribution in [0.2, 0.25) is 0 Å². The van der Waals surface area contributed by atoms with E-state index in [0.29, 0.717) is 0 Å². The van der Waals surface area contributed by atoms with Crippen molar-refractivity contribution in [1.29, 1.82) is 0 Å². The molecule has 0 aromatic heterocycles. The van der Waals surface area contributed by atoms with E-state index in [1.165, 1.54) is 14.0 Å². The van der Waals surface area contributed by atoms with Gasteiger partial charge < -0.3 is 4.74 Å². The van der Waals surface area contributed by atoms with Gasteiger partial charge in [0, 0.05) is 17.2 Å². The number of carbonyl (C=O) groups is 1. The second kappa shape index (κ2) is 4.69. The van der Waals surface area contributed by atoms with Crippen molar-refractivity contribution in [1.82, 2.24) is 0 Å². The number of methoxy groups -OCH3 is 1. The fourth-order valence-electron chi connectivity index (χ4n) is 1.26. The smallest absolute Gasteiger partial charge is 0.310 e. The van der Waals surface area contributed by atoms with Gasteiger partial charge in [0.05, 0.1) is 18.5 Å². The molecule has 1 aromatic rings. The second-order valence-corrected chi connectivity index (χ2v) is 3.24. The Labute approximate surface area is 91.0 Å². The molecule has 0 aliphatic rings. The number of rotatable bonds is 3. The van der Waals surface area contributed by atoms with E-state index < -0.39 is 16.7 Å². The highest BCUT2D eigenvalue weighted by Gasteiger charge is 2.17. The van der Waals surface area contributed by atoms with Crippen LogP contribution in [0.5, 0.6) is 0 Å². The van der Waals surface area contributed by atoms with E-state index in [1.807, 2.05) is 0 Å². The summed E-state index contributed by atoms with van der Waals surface area (Å²) >= 11 is 0. The third-order valence-electron chi connectivity index (χ3n) is 2.12. The van der Waals surface area contributed by atoms with Crippen LogP contribution in [0.3, 0.4) is 0 Å². The molecule has 5 nitrogen and oxygen atoms in total. The van der Waals surface area contributed by atoms with Crippen molar-refractivity contribution in [3.8, 4) is 0 Å². The monoisotopic (exact) mass is 227 g/mol. The zero-order chi connectivity index (χ0) is 12.3. The van der Waals surface area contributed by atoms with Gasteiger partial charge in [-0.15, -0.1) is 0 Å². The van der Waals surface area contributed by atoms with Gasteiger partial charge in [-0.1, -0.05) is 0 Å². The van der Waals surface area contributed by atoms with Crippen LogP contribution in [-0.2, 0) is 16.0 Å². The molecule has 0 unspecified atom stereocenters. The number of ether oxygens (including phenoxy) is 1. The molecule has 1 aromatic carbocycles. The van der Waals surface area contributed by atoms with Gasteiger partial charge in [0.15, 0.2) is 0 Å². The number of esters is 1. The summed E-state index contributed by atoms with van der Waals surface area (Å²) in [6.45, 7) is 1.43. The summed E-state index contributed by atoms with van der Waals surface area (Å²) in [6, 6.07) is 2.10. The summed E-state index contributed by atoms with van der Waals surface area (Å²) in [6.07, 6.45) is -0.316. The van der Waals surface area contributed by atoms with Gasteiger partial charge in [0.2, 0.25) is 0 Å². The van der Waals surface area contributed by atoms with Gasteiger partial charge in [0.1, 0.15) is 5.82 Å². The largest absolute Gasteiger partial charge is 0.469 e. The van der Waals surface area contributed by atoms with Crippen LogP contribution in [-0.4, -0.2) is 18.0 Å². The first-order valence-corrected chi connectivity index (χ1v) is 4.46. The molecular weight excluding hydrogens is 217 g/mol. The average molecular weight is 227 g/mol. The summed E-state index contributed by atoms with van der Waals surface area (Å²) in [4.78, 5) is 20.9. The number of hydrogen-bond donors (Lipinski definition) is 0. The SMILES string of the molecule is COC(=O)Cc1cc([N+](=O)[O-])c(C)cc1F. The lowest BCUT2D eigenvalue weighted by Crippen LogP contribution is -2.07. The zero-order valence-corrected chi connectivity index (χ0v) is 8.82. The predicted octanol–water partition coefficient (Wildman–Crippen LogP) is 1.76. The number of benzene rings is 1. The second-order valence-electron chi connectivity index (χ2n) is 3.24. The minimum atomic E-state index is -0.645. The summed E-state index contributed by atoms with van der Waals surface area (Å²) in [5.74, 6) is -1.29. The maximum absolute atomic E-state index is 13.4. The highest BCUT2D eigenvalue weighted by molar-refractivity contribution is 5.72. The van der Waals surface area contributed by atoms with Crippen LogP contribution in [0, 0.1) is 22.9 Å². The molecule has 0 heterocycles. The number of hydrogen-bond acceptors (Lipinski definition) is 4. The van der Waals surface area contributed by atoms with Crippen LogP contribution < -0.4 is 0 Å². The first-order chi connectivity index (χ1) is 7.45. The Hall–Kier alpha value is -1.98. The van der Waals surface area contributed by atoms with Gasteiger partial charge in [-0.3, -0.25) is 14.9 Å². The molecule has 0 radical (unpaired) electrons. The Balaban J connectivity index is 3.14. The van der Waals surface area contributed by atoms with Crippen LogP contribution in [0.4, 0.5) is 10.1 Å². The Morgan fingerprint density at radius 2 is 2.19 bits per heavy atom. The van der Waals surface area contributed by atoms with E-state index in [1.54, 1.807) is 0 Å². The normalized spacial score (nSPS) is 9.94. The van der Waals surface area contributed by atoms with Crippen molar-refractivity contribution >= 4 is 11.7 Å². The van der Waals surface area contributed by atoms with Gasteiger partial charge in [-0.05, 0) is 13.0 Å². The molecule has 0 bridgehead atoms. The van der Waals surface area contributed by atoms with E-state index in [9.17, 15) is 19.3 Å². The van der Waals surface area contributed by atoms with Gasteiger partial charge in [-0.25, -0.2) is 4.39 Å². The van der Waals surface area contributed by atoms with Crippen LogP contribution in [0.1, 0.15) is 11.1 Å². The molecule has 0 fully saturated rings. The molecular formula is C10H10FNO4. The van der Waals surface area contributed by atoms with Crippen LogP contribution in [0.25, 0.3) is 0 Å². The zero-order valence-electron chi connectivity index (χ0n) is 8.82. The number of halogens is 1. The Morgan fingerprint density at radius 1 is 1.56 bits per heavy atom. The van der Waals surface area contributed by atoms with Crippen LogP contribution >= 0.6 is 0 Å². The minimum absolute atomic E-state index is 0.0378. The van der Waals surface area contributed by atoms with Gasteiger partial charge >= 0.3 is 5.97 Å². The number of nitrogens with zero attached hydrogens (tertiary/aromatic N) is 1. The lowest BCUT2D eigenvalue weighted by atomic mass is 10.1. The maximum Gasteiger partial charge on any atom is 0.310 e. The third-order valence-corrected chi connectivity index (χ3v) is 2.12. The molecule has 0 spiro atoms. The average Bonchev–Trinajstić information content (AvgIpc) is 2.21. The molecule has 0 aliphatic carbocycles. The highest BCUT2D eigenvalue weighted by Crippen LogP contribution is 2.22. The number of nitro groups is 1. The van der Waals surface area contributed by atoms with Crippen molar-refractivity contribution in [3.05, 3.63) is 39.2 Å². The minimum Gasteiger partial charge on any atom is -0.469 e. The fourth-order valence-corrected chi connectivity index (χ4v) is 1.26. The quantitative estimate of drug-likeness (QED) is 0.448. The highest BCUT2D eigenvalue weighted by atomic mass is 19.1. The molecule has 0 aliphatic heterocycles. The Bertz CT molecular complexity index is 445. The molecule has 16 heavy (non-hydrogen) atoms. The lowest BCUT2D eigenvalue weighted by molar-refractivity contribution is -0.385. The number of aryl methyl sites for hydroxylation is 1. The van der Waals surface area contributed by atoms with E-state index in [0.717, 1.165) is 12.1 Å². The van der Waals surface area contributed by atoms with Crippen LogP contribution in [0.15, 0.2) is 12.1 Å². The molecule has 86 valence electrons. The molecule has 6 heteroatoms. The Morgan fingerprint density at radius 3 is 2.69 bits per heavy atom. The van der Waals surface area contributed by atoms with Crippen molar-refractivity contribution in [2.75, 3.05) is 7.11 Å². The van der Waals surface area contributed by atoms with E-state index >= 15 is 0 Å². The summed E-state index contributed by atoms with van der Waals surface area (Å²) in [5.41, 5.74) is -0.0273. The van der Waals surface area contributed by atoms with Crippen molar-refractivity contribution in [3.63, 3.8) is 0 Å². The molecule has 0 atom stereocenters. The summed E-state index contributed by atoms with van der Waals surface area (Å²) in [7, 11) is 1.17. The first kappa shape index (κ1) is 12.1. The van der Waals surface area contributed by atoms with E-state index in [-0.39, 0.29) is 23.2 Å². The van der Waals surface area contributed by atoms with E-state index in [4.69, 9.17) is 0 Å². The predicted molar refractivity (Wildman–Crippen MR) is 53.5 cm³/mol. The third kappa shape index (κ3) is 2.53. The molecule has 0 saturated heterocycles. The van der Waals surface area contributed by atoms with Gasteiger partial charge in [0.25, 0.3) is 5.69 Å². The molecule has 0 saturated carbocycles. The molecule has 1 rings (SSSR count). The maximum atomic E-state index is 13.4. The first-order valence-electron chi connectivity index (χ1n) is 4.46. The standard InChI is InChI=1S/C10H10FNO4/c1-6-3-8(11)7(5-10(13)16-2)4-9(6)12(14)15/h3-4H,5H2,1-2H3. The van der Waals surface area contributed by atoms with Crippen molar-refractivity contribution in [2.24, 2.45) is 0 Å². The molecule has 0 amide bonds. The van der Waals surface area contributed by atoms with E-state index in [2.05, 4.69) is 4.74 Å².